The molecule has 1 amide bonds. The molecule has 0 spiro atoms. The summed E-state index contributed by atoms with van der Waals surface area (Å²) in [5.41, 5.74) is 6.47. The Morgan fingerprint density at radius 3 is 2.47 bits per heavy atom. The van der Waals surface area contributed by atoms with Crippen molar-refractivity contribution in [1.29, 1.82) is 0 Å². The van der Waals surface area contributed by atoms with E-state index in [1.54, 1.807) is 24.5 Å². The van der Waals surface area contributed by atoms with Gasteiger partial charge in [0.05, 0.1) is 24.4 Å². The number of carbonyl (C=O) groups excluding carboxylic acids is 1. The summed E-state index contributed by atoms with van der Waals surface area (Å²) in [4.78, 5) is 18.7. The van der Waals surface area contributed by atoms with Gasteiger partial charge in [0.1, 0.15) is 0 Å². The number of aromatic nitrogens is 1. The summed E-state index contributed by atoms with van der Waals surface area (Å²) >= 11 is 0. The normalized spacial score (nSPS) is 20.1. The average Bonchev–Trinajstić information content (AvgIpc) is 3.05. The first kappa shape index (κ1) is 30.3. The molecule has 7 nitrogen and oxygen atoms in total. The number of aliphatic hydroxyl groups excluding tert-OH is 1. The number of likely N-dealkylation sites (N-methyl/N-ethyl adjacent to an activating group) is 1. The topological polar surface area (TPSA) is 83.9 Å². The molecule has 5 rings (SSSR count). The summed E-state index contributed by atoms with van der Waals surface area (Å²) in [5.74, 6) is -0.0552. The zero-order valence-corrected chi connectivity index (χ0v) is 24.7. The minimum absolute atomic E-state index is 0.00688. The van der Waals surface area contributed by atoms with Gasteiger partial charge in [-0.1, -0.05) is 73.7 Å². The number of nitrogens with zero attached hydrogens (tertiary/aromatic N) is 2. The van der Waals surface area contributed by atoms with Gasteiger partial charge in [0, 0.05) is 43.5 Å². The van der Waals surface area contributed by atoms with Crippen LogP contribution in [0.4, 0.5) is 0 Å². The van der Waals surface area contributed by atoms with Crippen LogP contribution in [0, 0.1) is 5.92 Å². The highest BCUT2D eigenvalue weighted by Gasteiger charge is 2.38. The van der Waals surface area contributed by atoms with Crippen LogP contribution >= 0.6 is 0 Å². The molecule has 4 atom stereocenters. The Hall–Kier alpha value is -4.14. The first-order chi connectivity index (χ1) is 20.9. The van der Waals surface area contributed by atoms with Crippen LogP contribution in [0.15, 0.2) is 110 Å². The lowest BCUT2D eigenvalue weighted by molar-refractivity contribution is -0.275. The van der Waals surface area contributed by atoms with Gasteiger partial charge in [0.15, 0.2) is 6.29 Å². The van der Waals surface area contributed by atoms with E-state index in [0.717, 1.165) is 46.5 Å². The van der Waals surface area contributed by atoms with E-state index in [9.17, 15) is 9.90 Å². The molecule has 43 heavy (non-hydrogen) atoms. The smallest absolute Gasteiger partial charge is 0.253 e. The van der Waals surface area contributed by atoms with E-state index in [1.165, 1.54) is 0 Å². The van der Waals surface area contributed by atoms with Gasteiger partial charge in [-0.2, -0.15) is 0 Å². The fraction of sp³-hybridized carbons (Fsp3) is 0.278. The summed E-state index contributed by atoms with van der Waals surface area (Å²) in [6.45, 7) is 7.97. The van der Waals surface area contributed by atoms with E-state index in [4.69, 9.17) is 9.47 Å². The number of aliphatic hydroxyl groups is 1. The lowest BCUT2D eigenvalue weighted by Gasteiger charge is -2.42. The molecule has 0 saturated carbocycles. The van der Waals surface area contributed by atoms with Gasteiger partial charge in [0.25, 0.3) is 5.91 Å². The molecule has 1 aliphatic rings. The van der Waals surface area contributed by atoms with Crippen molar-refractivity contribution in [3.8, 4) is 11.1 Å². The summed E-state index contributed by atoms with van der Waals surface area (Å²) in [6, 6.07) is 27.9. The number of pyridine rings is 1. The van der Waals surface area contributed by atoms with E-state index in [1.807, 2.05) is 54.6 Å². The number of nitrogens with one attached hydrogen (secondary N) is 1. The molecule has 1 fully saturated rings. The van der Waals surface area contributed by atoms with E-state index in [-0.39, 0.29) is 30.6 Å². The SMILES string of the molecule is C=CCN(C)CC1OC(c2cccc(-c3cccc(CNC(=O)c4cccnc4)c3)c2)OC(c2ccc(CO)cc2)C1C. The molecule has 0 bridgehead atoms. The van der Waals surface area contributed by atoms with Gasteiger partial charge in [-0.15, -0.1) is 6.58 Å². The van der Waals surface area contributed by atoms with E-state index in [2.05, 4.69) is 60.0 Å². The Bertz CT molecular complexity index is 1510. The summed E-state index contributed by atoms with van der Waals surface area (Å²) < 4.78 is 13.3. The van der Waals surface area contributed by atoms with Crippen molar-refractivity contribution in [3.63, 3.8) is 0 Å². The standard InChI is InChI=1S/C36H39N3O4/c1-4-18-39(3)23-33-25(2)34(28-15-13-26(24-40)14-16-28)43-36(42-33)31-11-6-10-30(20-31)29-9-5-8-27(19-29)21-38-35(41)32-12-7-17-37-22-32/h4-17,19-20,22,25,33-34,36,40H,1,18,21,23-24H2,2-3H3,(H,38,41). The van der Waals surface area contributed by atoms with Crippen LogP contribution in [0.3, 0.4) is 0 Å². The van der Waals surface area contributed by atoms with E-state index >= 15 is 0 Å². The highest BCUT2D eigenvalue weighted by atomic mass is 16.7. The van der Waals surface area contributed by atoms with Crippen molar-refractivity contribution in [1.82, 2.24) is 15.2 Å². The number of hydrogen-bond acceptors (Lipinski definition) is 6. The first-order valence-electron chi connectivity index (χ1n) is 14.6. The predicted molar refractivity (Wildman–Crippen MR) is 168 cm³/mol. The molecule has 0 radical (unpaired) electrons. The summed E-state index contributed by atoms with van der Waals surface area (Å²) in [5, 5.41) is 12.5. The van der Waals surface area contributed by atoms with Crippen molar-refractivity contribution in [2.45, 2.75) is 38.6 Å². The number of rotatable bonds is 11. The zero-order valence-electron chi connectivity index (χ0n) is 24.7. The molecular weight excluding hydrogens is 538 g/mol. The second-order valence-corrected chi connectivity index (χ2v) is 11.1. The third-order valence-corrected chi connectivity index (χ3v) is 7.85. The molecule has 222 valence electrons. The Balaban J connectivity index is 1.36. The van der Waals surface area contributed by atoms with Crippen molar-refractivity contribution in [3.05, 3.63) is 138 Å². The van der Waals surface area contributed by atoms with Crippen LogP contribution in [-0.2, 0) is 22.6 Å². The largest absolute Gasteiger partial charge is 0.392 e. The van der Waals surface area contributed by atoms with Crippen molar-refractivity contribution >= 4 is 5.91 Å². The van der Waals surface area contributed by atoms with Gasteiger partial charge >= 0.3 is 0 Å². The number of hydrogen-bond donors (Lipinski definition) is 2. The molecule has 7 heteroatoms. The van der Waals surface area contributed by atoms with Gasteiger partial charge in [-0.05, 0) is 59.1 Å². The molecular formula is C36H39N3O4. The Labute approximate surface area is 253 Å². The minimum Gasteiger partial charge on any atom is -0.392 e. The molecule has 3 aromatic carbocycles. The van der Waals surface area contributed by atoms with E-state index in [0.29, 0.717) is 12.1 Å². The average molecular weight is 578 g/mol. The molecule has 4 aromatic rings. The minimum atomic E-state index is -0.553. The van der Waals surface area contributed by atoms with Crippen LogP contribution < -0.4 is 5.32 Å². The Kier molecular flexibility index (Phi) is 10.1. The molecule has 2 heterocycles. The lowest BCUT2D eigenvalue weighted by atomic mass is 9.90. The Morgan fingerprint density at radius 2 is 1.74 bits per heavy atom. The number of amides is 1. The van der Waals surface area contributed by atoms with Gasteiger partial charge in [-0.25, -0.2) is 0 Å². The maximum atomic E-state index is 12.5. The lowest BCUT2D eigenvalue weighted by Crippen LogP contribution is -2.43. The predicted octanol–water partition coefficient (Wildman–Crippen LogP) is 6.08. The molecule has 1 saturated heterocycles. The highest BCUT2D eigenvalue weighted by molar-refractivity contribution is 5.93. The monoisotopic (exact) mass is 577 g/mol. The summed E-state index contributed by atoms with van der Waals surface area (Å²) in [6.07, 6.45) is 4.31. The van der Waals surface area contributed by atoms with Crippen molar-refractivity contribution in [2.75, 3.05) is 20.1 Å². The fourth-order valence-corrected chi connectivity index (χ4v) is 5.44. The van der Waals surface area contributed by atoms with Crippen LogP contribution in [0.2, 0.25) is 0 Å². The second-order valence-electron chi connectivity index (χ2n) is 11.1. The number of benzene rings is 3. The fourth-order valence-electron chi connectivity index (χ4n) is 5.44. The number of ether oxygens (including phenoxy) is 2. The quantitative estimate of drug-likeness (QED) is 0.210. The van der Waals surface area contributed by atoms with Gasteiger partial charge in [-0.3, -0.25) is 9.78 Å². The van der Waals surface area contributed by atoms with Crippen LogP contribution in [0.5, 0.6) is 0 Å². The van der Waals surface area contributed by atoms with Crippen molar-refractivity contribution < 1.29 is 19.4 Å². The van der Waals surface area contributed by atoms with Gasteiger partial charge < -0.3 is 24.8 Å². The molecule has 4 unspecified atom stereocenters. The van der Waals surface area contributed by atoms with Crippen LogP contribution in [0.1, 0.15) is 51.9 Å². The van der Waals surface area contributed by atoms with Crippen LogP contribution in [0.25, 0.3) is 11.1 Å². The zero-order chi connectivity index (χ0) is 30.2. The molecule has 0 aliphatic carbocycles. The highest BCUT2D eigenvalue weighted by Crippen LogP contribution is 2.42. The first-order valence-corrected chi connectivity index (χ1v) is 14.6. The third-order valence-electron chi connectivity index (χ3n) is 7.85. The maximum absolute atomic E-state index is 12.5. The second kappa shape index (κ2) is 14.4. The van der Waals surface area contributed by atoms with Crippen molar-refractivity contribution in [2.24, 2.45) is 5.92 Å². The Morgan fingerprint density at radius 1 is 0.977 bits per heavy atom. The summed E-state index contributed by atoms with van der Waals surface area (Å²) in [7, 11) is 2.07. The molecule has 2 N–H and O–H groups in total. The maximum Gasteiger partial charge on any atom is 0.253 e. The molecule has 1 aromatic heterocycles. The third kappa shape index (κ3) is 7.63. The van der Waals surface area contributed by atoms with Crippen LogP contribution in [-0.4, -0.2) is 47.1 Å². The van der Waals surface area contributed by atoms with Gasteiger partial charge in [0.2, 0.25) is 0 Å². The van der Waals surface area contributed by atoms with E-state index < -0.39 is 6.29 Å². The molecule has 1 aliphatic heterocycles. The number of carbonyl (C=O) groups is 1.